The lowest BCUT2D eigenvalue weighted by molar-refractivity contribution is 1.22. The maximum Gasteiger partial charge on any atom is 0.159 e. The van der Waals surface area contributed by atoms with E-state index in [9.17, 15) is 0 Å². The second kappa shape index (κ2) is 5.77. The Morgan fingerprint density at radius 3 is 2.27 bits per heavy atom. The zero-order valence-electron chi connectivity index (χ0n) is 14.3. The third-order valence-corrected chi connectivity index (χ3v) is 4.48. The molecule has 0 saturated heterocycles. The highest BCUT2D eigenvalue weighted by atomic mass is 15.0. The second-order valence-corrected chi connectivity index (χ2v) is 6.38. The molecule has 4 nitrogen and oxygen atoms in total. The van der Waals surface area contributed by atoms with Crippen LogP contribution in [0.1, 0.15) is 5.56 Å². The Hall–Kier alpha value is -3.53. The molecular weight excluding hydrogens is 320 g/mol. The highest BCUT2D eigenvalue weighted by Gasteiger charge is 2.16. The van der Waals surface area contributed by atoms with Gasteiger partial charge in [0.05, 0.1) is 22.1 Å². The number of hydrogen-bond donors (Lipinski definition) is 1. The van der Waals surface area contributed by atoms with Gasteiger partial charge >= 0.3 is 0 Å². The SMILES string of the molecule is Cc1ccc2nc(-c3ccccc3)c(-c3nc4ccccc4[nH]3)nc2c1. The van der Waals surface area contributed by atoms with Crippen molar-refractivity contribution in [2.75, 3.05) is 0 Å². The van der Waals surface area contributed by atoms with Crippen LogP contribution in [0.15, 0.2) is 72.8 Å². The molecule has 1 N–H and O–H groups in total. The van der Waals surface area contributed by atoms with Gasteiger partial charge in [-0.15, -0.1) is 0 Å². The van der Waals surface area contributed by atoms with E-state index in [-0.39, 0.29) is 0 Å². The van der Waals surface area contributed by atoms with E-state index in [0.29, 0.717) is 0 Å². The van der Waals surface area contributed by atoms with Gasteiger partial charge in [-0.05, 0) is 36.8 Å². The fraction of sp³-hybridized carbons (Fsp3) is 0.0455. The molecule has 0 aliphatic heterocycles. The highest BCUT2D eigenvalue weighted by molar-refractivity contribution is 5.87. The van der Waals surface area contributed by atoms with Crippen LogP contribution in [0.4, 0.5) is 0 Å². The molecule has 2 aromatic heterocycles. The topological polar surface area (TPSA) is 54.5 Å². The summed E-state index contributed by atoms with van der Waals surface area (Å²) in [6, 6.07) is 24.3. The quantitative estimate of drug-likeness (QED) is 0.485. The first-order valence-corrected chi connectivity index (χ1v) is 8.57. The van der Waals surface area contributed by atoms with Crippen molar-refractivity contribution in [3.63, 3.8) is 0 Å². The van der Waals surface area contributed by atoms with Gasteiger partial charge in [-0.25, -0.2) is 15.0 Å². The number of fused-ring (bicyclic) bond motifs is 2. The molecular formula is C22H16N4. The van der Waals surface area contributed by atoms with Crippen LogP contribution in [-0.2, 0) is 0 Å². The van der Waals surface area contributed by atoms with Crippen molar-refractivity contribution >= 4 is 22.1 Å². The Bertz CT molecular complexity index is 1210. The van der Waals surface area contributed by atoms with Crippen LogP contribution in [0.2, 0.25) is 0 Å². The summed E-state index contributed by atoms with van der Waals surface area (Å²) < 4.78 is 0. The fourth-order valence-electron chi connectivity index (χ4n) is 3.19. The zero-order chi connectivity index (χ0) is 17.5. The van der Waals surface area contributed by atoms with Crippen LogP contribution in [0.5, 0.6) is 0 Å². The predicted molar refractivity (Wildman–Crippen MR) is 105 cm³/mol. The van der Waals surface area contributed by atoms with Crippen LogP contribution in [-0.4, -0.2) is 19.9 Å². The molecule has 4 heteroatoms. The number of imidazole rings is 1. The number of hydrogen-bond acceptors (Lipinski definition) is 3. The normalized spacial score (nSPS) is 11.3. The molecule has 0 aliphatic rings. The lowest BCUT2D eigenvalue weighted by atomic mass is 10.1. The second-order valence-electron chi connectivity index (χ2n) is 6.38. The summed E-state index contributed by atoms with van der Waals surface area (Å²) in [6.45, 7) is 2.06. The number of aryl methyl sites for hydroxylation is 1. The fourth-order valence-corrected chi connectivity index (χ4v) is 3.19. The van der Waals surface area contributed by atoms with Crippen LogP contribution in [0.3, 0.4) is 0 Å². The molecule has 0 atom stereocenters. The van der Waals surface area contributed by atoms with Gasteiger partial charge in [0.2, 0.25) is 0 Å². The average molecular weight is 336 g/mol. The van der Waals surface area contributed by atoms with E-state index >= 15 is 0 Å². The minimum absolute atomic E-state index is 0.737. The molecule has 0 aliphatic carbocycles. The number of nitrogens with zero attached hydrogens (tertiary/aromatic N) is 3. The molecule has 124 valence electrons. The van der Waals surface area contributed by atoms with Gasteiger partial charge in [0.15, 0.2) is 5.82 Å². The highest BCUT2D eigenvalue weighted by Crippen LogP contribution is 2.30. The minimum Gasteiger partial charge on any atom is -0.337 e. The third-order valence-electron chi connectivity index (χ3n) is 4.48. The number of nitrogens with one attached hydrogen (secondary N) is 1. The van der Waals surface area contributed by atoms with Crippen LogP contribution < -0.4 is 0 Å². The van der Waals surface area contributed by atoms with E-state index < -0.39 is 0 Å². The van der Waals surface area contributed by atoms with Gasteiger partial charge in [-0.2, -0.15) is 0 Å². The van der Waals surface area contributed by atoms with Crippen molar-refractivity contribution in [3.8, 4) is 22.8 Å². The van der Waals surface area contributed by atoms with Crippen LogP contribution >= 0.6 is 0 Å². The molecule has 5 rings (SSSR count). The average Bonchev–Trinajstić information content (AvgIpc) is 3.11. The summed E-state index contributed by atoms with van der Waals surface area (Å²) in [7, 11) is 0. The first-order chi connectivity index (χ1) is 12.8. The molecule has 0 unspecified atom stereocenters. The van der Waals surface area contributed by atoms with E-state index in [1.165, 1.54) is 0 Å². The van der Waals surface area contributed by atoms with E-state index in [0.717, 1.165) is 50.4 Å². The van der Waals surface area contributed by atoms with E-state index in [2.05, 4.69) is 36.2 Å². The first kappa shape index (κ1) is 14.8. The van der Waals surface area contributed by atoms with Gasteiger partial charge in [-0.1, -0.05) is 48.5 Å². The first-order valence-electron chi connectivity index (χ1n) is 8.57. The predicted octanol–water partition coefficient (Wildman–Crippen LogP) is 5.15. The Kier molecular flexibility index (Phi) is 3.28. The van der Waals surface area contributed by atoms with Crippen molar-refractivity contribution in [3.05, 3.63) is 78.4 Å². The van der Waals surface area contributed by atoms with Gasteiger partial charge in [-0.3, -0.25) is 0 Å². The number of aromatic nitrogens is 4. The van der Waals surface area contributed by atoms with Gasteiger partial charge in [0.1, 0.15) is 11.4 Å². The number of benzene rings is 3. The standard InChI is InChI=1S/C22H16N4/c1-14-11-12-18-19(13-14)24-21(20(23-18)15-7-3-2-4-8-15)22-25-16-9-5-6-10-17(16)26-22/h2-13H,1H3,(H,25,26). The van der Waals surface area contributed by atoms with E-state index in [1.54, 1.807) is 0 Å². The molecule has 0 amide bonds. The number of H-pyrrole nitrogens is 1. The molecule has 0 radical (unpaired) electrons. The van der Waals surface area contributed by atoms with E-state index in [1.807, 2.05) is 48.5 Å². The van der Waals surface area contributed by atoms with E-state index in [4.69, 9.17) is 15.0 Å². The maximum atomic E-state index is 4.92. The maximum absolute atomic E-state index is 4.92. The van der Waals surface area contributed by atoms with Gasteiger partial charge < -0.3 is 4.98 Å². The summed E-state index contributed by atoms with van der Waals surface area (Å²) in [4.78, 5) is 18.0. The Morgan fingerprint density at radius 2 is 1.42 bits per heavy atom. The van der Waals surface area contributed by atoms with Crippen LogP contribution in [0.25, 0.3) is 44.8 Å². The molecule has 0 fully saturated rings. The minimum atomic E-state index is 0.737. The van der Waals surface area contributed by atoms with Crippen molar-refractivity contribution in [2.45, 2.75) is 6.92 Å². The Morgan fingerprint density at radius 1 is 0.654 bits per heavy atom. The molecule has 0 saturated carbocycles. The van der Waals surface area contributed by atoms with Crippen molar-refractivity contribution in [2.24, 2.45) is 0 Å². The van der Waals surface area contributed by atoms with Crippen LogP contribution in [0, 0.1) is 6.92 Å². The zero-order valence-corrected chi connectivity index (χ0v) is 14.3. The summed E-state index contributed by atoms with van der Waals surface area (Å²) in [5.74, 6) is 0.737. The lowest BCUT2D eigenvalue weighted by Gasteiger charge is -2.09. The van der Waals surface area contributed by atoms with Crippen molar-refractivity contribution < 1.29 is 0 Å². The smallest absolute Gasteiger partial charge is 0.159 e. The van der Waals surface area contributed by atoms with Gasteiger partial charge in [0.25, 0.3) is 0 Å². The van der Waals surface area contributed by atoms with Crippen molar-refractivity contribution in [1.29, 1.82) is 0 Å². The molecule has 3 aromatic carbocycles. The van der Waals surface area contributed by atoms with Gasteiger partial charge in [0, 0.05) is 5.56 Å². The number of para-hydroxylation sites is 2. The Balaban J connectivity index is 1.83. The summed E-state index contributed by atoms with van der Waals surface area (Å²) in [5, 5.41) is 0. The summed E-state index contributed by atoms with van der Waals surface area (Å²) in [6.07, 6.45) is 0. The summed E-state index contributed by atoms with van der Waals surface area (Å²) in [5.41, 5.74) is 7.47. The number of aromatic amines is 1. The molecule has 26 heavy (non-hydrogen) atoms. The molecule has 0 spiro atoms. The monoisotopic (exact) mass is 336 g/mol. The van der Waals surface area contributed by atoms with Crippen molar-refractivity contribution in [1.82, 2.24) is 19.9 Å². The molecule has 2 heterocycles. The largest absolute Gasteiger partial charge is 0.337 e. The molecule has 0 bridgehead atoms. The Labute approximate surface area is 150 Å². The number of rotatable bonds is 2. The lowest BCUT2D eigenvalue weighted by Crippen LogP contribution is -1.97. The molecule has 5 aromatic rings. The third kappa shape index (κ3) is 2.43. The summed E-state index contributed by atoms with van der Waals surface area (Å²) >= 11 is 0.